The van der Waals surface area contributed by atoms with Crippen molar-refractivity contribution in [3.63, 3.8) is 0 Å². The van der Waals surface area contributed by atoms with Crippen LogP contribution in [-0.2, 0) is 10.2 Å². The minimum absolute atomic E-state index is 0.0368. The highest BCUT2D eigenvalue weighted by Gasteiger charge is 2.58. The van der Waals surface area contributed by atoms with Crippen molar-refractivity contribution in [2.45, 2.75) is 91.4 Å². The van der Waals surface area contributed by atoms with Crippen LogP contribution in [0, 0.1) is 34.0 Å². The van der Waals surface area contributed by atoms with E-state index in [4.69, 9.17) is 0 Å². The molecule has 0 spiro atoms. The van der Waals surface area contributed by atoms with Gasteiger partial charge >= 0.3 is 6.03 Å². The zero-order chi connectivity index (χ0) is 28.3. The van der Waals surface area contributed by atoms with E-state index in [1.54, 1.807) is 0 Å². The van der Waals surface area contributed by atoms with E-state index < -0.39 is 0 Å². The molecule has 6 atom stereocenters. The van der Waals surface area contributed by atoms with E-state index in [-0.39, 0.29) is 28.1 Å². The zero-order valence-electron chi connectivity index (χ0n) is 25.3. The standard InChI is InChI=1S/C36H48N2O2/c1-33(2,3)25-13-20-36(21-14-25,26-10-7-6-8-11-26)24-37-32(40)38-23-28-29-12-9-17-34(29,4)18-16-30(28)35(5)19-15-27(39)22-31(35)38/h6-8,10-11,13-14,20,22,28-30H,9,12,15-19,21,23-24H2,1-5H3,(H,37,40)/t28-,29-,30-,34-,35+,36?/m0/s1. The summed E-state index contributed by atoms with van der Waals surface area (Å²) >= 11 is 0. The Bertz CT molecular complexity index is 1270. The number of urea groups is 1. The number of nitrogens with one attached hydrogen (secondary N) is 1. The van der Waals surface area contributed by atoms with Gasteiger partial charge in [0.05, 0.1) is 0 Å². The molecule has 214 valence electrons. The van der Waals surface area contributed by atoms with Crippen LogP contribution in [0.1, 0.15) is 91.5 Å². The number of hydrogen-bond donors (Lipinski definition) is 1. The second-order valence-corrected chi connectivity index (χ2v) is 15.1. The number of allylic oxidation sites excluding steroid dienone is 5. The zero-order valence-corrected chi connectivity index (χ0v) is 25.3. The minimum Gasteiger partial charge on any atom is -0.336 e. The van der Waals surface area contributed by atoms with Crippen molar-refractivity contribution in [1.29, 1.82) is 0 Å². The Kier molecular flexibility index (Phi) is 6.71. The molecule has 2 amide bonds. The van der Waals surface area contributed by atoms with E-state index in [9.17, 15) is 9.59 Å². The molecule has 1 N–H and O–H groups in total. The number of amides is 2. The SMILES string of the molecule is CC(C)(C)C1=CCC(CNC(=O)N2C[C@H]3[C@@H]4CCC[C@@]4(C)CC[C@@H]3[C@@]3(C)CCC(=O)C=C23)(c2ccccc2)C=C1. The number of likely N-dealkylation sites (tertiary alicyclic amines) is 1. The van der Waals surface area contributed by atoms with Crippen molar-refractivity contribution in [2.75, 3.05) is 13.1 Å². The summed E-state index contributed by atoms with van der Waals surface area (Å²) in [6.45, 7) is 12.9. The molecule has 1 unspecified atom stereocenters. The maximum atomic E-state index is 14.2. The Balaban J connectivity index is 1.29. The largest absolute Gasteiger partial charge is 0.336 e. The summed E-state index contributed by atoms with van der Waals surface area (Å²) in [5, 5.41) is 3.40. The van der Waals surface area contributed by atoms with E-state index in [2.05, 4.69) is 88.5 Å². The summed E-state index contributed by atoms with van der Waals surface area (Å²) in [5.41, 5.74) is 3.64. The Hall–Kier alpha value is -2.62. The van der Waals surface area contributed by atoms with E-state index in [0.717, 1.165) is 25.1 Å². The number of carbonyl (C=O) groups is 2. The predicted octanol–water partition coefficient (Wildman–Crippen LogP) is 7.97. The molecule has 1 aromatic carbocycles. The third kappa shape index (κ3) is 4.50. The van der Waals surface area contributed by atoms with Crippen LogP contribution in [0.3, 0.4) is 0 Å². The number of carbonyl (C=O) groups excluding carboxylic acids is 2. The van der Waals surface area contributed by atoms with E-state index in [1.165, 1.54) is 43.2 Å². The van der Waals surface area contributed by atoms with Gasteiger partial charge in [0.1, 0.15) is 0 Å². The number of piperidine rings is 1. The first kappa shape index (κ1) is 27.5. The number of benzene rings is 1. The smallest absolute Gasteiger partial charge is 0.321 e. The normalized spacial score (nSPS) is 37.2. The van der Waals surface area contributed by atoms with Gasteiger partial charge in [0, 0.05) is 42.1 Å². The van der Waals surface area contributed by atoms with Crippen molar-refractivity contribution in [3.05, 3.63) is 71.5 Å². The Morgan fingerprint density at radius 1 is 1.05 bits per heavy atom. The average Bonchev–Trinajstić information content (AvgIpc) is 3.34. The van der Waals surface area contributed by atoms with Crippen LogP contribution in [0.4, 0.5) is 4.79 Å². The molecule has 0 radical (unpaired) electrons. The van der Waals surface area contributed by atoms with Crippen LogP contribution < -0.4 is 5.32 Å². The molecule has 4 nitrogen and oxygen atoms in total. The van der Waals surface area contributed by atoms with Crippen LogP contribution in [0.5, 0.6) is 0 Å². The first-order chi connectivity index (χ1) is 19.0. The van der Waals surface area contributed by atoms with Gasteiger partial charge in [-0.25, -0.2) is 4.79 Å². The fraction of sp³-hybridized carbons (Fsp3) is 0.611. The first-order valence-corrected chi connectivity index (χ1v) is 15.7. The van der Waals surface area contributed by atoms with Gasteiger partial charge < -0.3 is 5.32 Å². The lowest BCUT2D eigenvalue weighted by Gasteiger charge is -2.59. The first-order valence-electron chi connectivity index (χ1n) is 15.7. The molecule has 4 aliphatic carbocycles. The fourth-order valence-electron chi connectivity index (χ4n) is 9.27. The molecule has 40 heavy (non-hydrogen) atoms. The third-order valence-electron chi connectivity index (χ3n) is 11.8. The van der Waals surface area contributed by atoms with Crippen LogP contribution in [0.25, 0.3) is 0 Å². The average molecular weight is 541 g/mol. The molecule has 0 aromatic heterocycles. The lowest BCUT2D eigenvalue weighted by molar-refractivity contribution is -0.118. The Morgan fingerprint density at radius 2 is 1.82 bits per heavy atom. The quantitative estimate of drug-likeness (QED) is 0.423. The van der Waals surface area contributed by atoms with Crippen molar-refractivity contribution in [1.82, 2.24) is 10.2 Å². The van der Waals surface area contributed by atoms with Crippen molar-refractivity contribution in [3.8, 4) is 0 Å². The molecular weight excluding hydrogens is 492 g/mol. The van der Waals surface area contributed by atoms with Crippen LogP contribution in [0.2, 0.25) is 0 Å². The number of fused-ring (bicyclic) bond motifs is 5. The molecule has 4 heteroatoms. The van der Waals surface area contributed by atoms with Crippen LogP contribution >= 0.6 is 0 Å². The summed E-state index contributed by atoms with van der Waals surface area (Å²) in [6.07, 6.45) is 17.5. The molecule has 1 saturated heterocycles. The molecule has 5 aliphatic rings. The minimum atomic E-state index is -0.293. The van der Waals surface area contributed by atoms with Crippen LogP contribution in [-0.4, -0.2) is 29.8 Å². The van der Waals surface area contributed by atoms with Gasteiger partial charge in [-0.05, 0) is 78.2 Å². The third-order valence-corrected chi connectivity index (χ3v) is 11.8. The summed E-state index contributed by atoms with van der Waals surface area (Å²) in [5.74, 6) is 1.92. The van der Waals surface area contributed by atoms with Crippen molar-refractivity contribution >= 4 is 11.8 Å². The lowest BCUT2D eigenvalue weighted by atomic mass is 9.50. The van der Waals surface area contributed by atoms with Crippen LogP contribution in [0.15, 0.2) is 65.9 Å². The number of ketones is 1. The van der Waals surface area contributed by atoms with Crippen molar-refractivity contribution in [2.24, 2.45) is 34.0 Å². The van der Waals surface area contributed by atoms with Gasteiger partial charge in [-0.15, -0.1) is 0 Å². The summed E-state index contributed by atoms with van der Waals surface area (Å²) in [7, 11) is 0. The second-order valence-electron chi connectivity index (χ2n) is 15.1. The monoisotopic (exact) mass is 540 g/mol. The van der Waals surface area contributed by atoms with Gasteiger partial charge in [0.15, 0.2) is 5.78 Å². The maximum Gasteiger partial charge on any atom is 0.321 e. The molecule has 1 aromatic rings. The highest BCUT2D eigenvalue weighted by molar-refractivity contribution is 5.92. The summed E-state index contributed by atoms with van der Waals surface area (Å²) in [4.78, 5) is 28.9. The van der Waals surface area contributed by atoms with E-state index in [1.807, 2.05) is 11.0 Å². The van der Waals surface area contributed by atoms with Gasteiger partial charge in [-0.1, -0.05) is 89.6 Å². The lowest BCUT2D eigenvalue weighted by Crippen LogP contribution is -2.60. The molecule has 0 bridgehead atoms. The molecule has 2 saturated carbocycles. The molecular formula is C36H48N2O2. The Labute approximate surface area is 241 Å². The number of nitrogens with zero attached hydrogens (tertiary/aromatic N) is 1. The predicted molar refractivity (Wildman–Crippen MR) is 162 cm³/mol. The van der Waals surface area contributed by atoms with E-state index in [0.29, 0.717) is 36.1 Å². The van der Waals surface area contributed by atoms with Crippen molar-refractivity contribution < 1.29 is 9.59 Å². The van der Waals surface area contributed by atoms with Gasteiger partial charge in [-0.2, -0.15) is 0 Å². The fourth-order valence-corrected chi connectivity index (χ4v) is 9.27. The summed E-state index contributed by atoms with van der Waals surface area (Å²) in [6, 6.07) is 10.6. The second kappa shape index (κ2) is 9.74. The van der Waals surface area contributed by atoms with Gasteiger partial charge in [-0.3, -0.25) is 9.69 Å². The highest BCUT2D eigenvalue weighted by atomic mass is 16.2. The number of rotatable bonds is 3. The van der Waals surface area contributed by atoms with Gasteiger partial charge in [0.2, 0.25) is 0 Å². The summed E-state index contributed by atoms with van der Waals surface area (Å²) < 4.78 is 0. The van der Waals surface area contributed by atoms with Gasteiger partial charge in [0.25, 0.3) is 0 Å². The number of hydrogen-bond acceptors (Lipinski definition) is 2. The van der Waals surface area contributed by atoms with E-state index >= 15 is 0 Å². The topological polar surface area (TPSA) is 49.4 Å². The molecule has 3 fully saturated rings. The Morgan fingerprint density at radius 3 is 2.52 bits per heavy atom. The molecule has 1 aliphatic heterocycles. The maximum absolute atomic E-state index is 14.2. The molecule has 6 rings (SSSR count). The highest BCUT2D eigenvalue weighted by Crippen LogP contribution is 2.64. The molecule has 1 heterocycles.